The number of hydrogen-bond acceptors (Lipinski definition) is 5. The van der Waals surface area contributed by atoms with Gasteiger partial charge in [-0.25, -0.2) is 4.79 Å². The van der Waals surface area contributed by atoms with Crippen molar-refractivity contribution < 1.29 is 23.8 Å². The number of esters is 1. The lowest BCUT2D eigenvalue weighted by molar-refractivity contribution is -0.144. The summed E-state index contributed by atoms with van der Waals surface area (Å²) in [7, 11) is 1.53. The normalized spacial score (nSPS) is 13.5. The molecule has 0 aliphatic heterocycles. The van der Waals surface area contributed by atoms with Gasteiger partial charge in [-0.05, 0) is 64.2 Å². The highest BCUT2D eigenvalue weighted by atomic mass is 16.6. The third-order valence-corrected chi connectivity index (χ3v) is 5.69. The maximum absolute atomic E-state index is 12.7. The molecule has 0 saturated heterocycles. The van der Waals surface area contributed by atoms with Gasteiger partial charge in [0.2, 0.25) is 5.78 Å². The summed E-state index contributed by atoms with van der Waals surface area (Å²) < 4.78 is 17.9. The molecule has 166 valence electrons. The zero-order valence-corrected chi connectivity index (χ0v) is 18.6. The Kier molecular flexibility index (Phi) is 7.93. The summed E-state index contributed by atoms with van der Waals surface area (Å²) in [5.74, 6) is 0.173. The van der Waals surface area contributed by atoms with Crippen molar-refractivity contribution in [3.05, 3.63) is 58.9 Å². The molecule has 0 atom stereocenters. The van der Waals surface area contributed by atoms with Crippen molar-refractivity contribution in [2.45, 2.75) is 52.5 Å². The Bertz CT molecular complexity index is 957. The van der Waals surface area contributed by atoms with E-state index in [1.165, 1.54) is 38.4 Å². The summed E-state index contributed by atoms with van der Waals surface area (Å²) in [6.45, 7) is 4.23. The second-order valence-electron chi connectivity index (χ2n) is 7.82. The van der Waals surface area contributed by atoms with Crippen LogP contribution in [0.2, 0.25) is 0 Å². The first kappa shape index (κ1) is 22.7. The molecule has 1 heterocycles. The van der Waals surface area contributed by atoms with Crippen LogP contribution in [0.25, 0.3) is 0 Å². The Balaban J connectivity index is 1.51. The highest BCUT2D eigenvalue weighted by molar-refractivity contribution is 5.99. The first-order valence-corrected chi connectivity index (χ1v) is 10.8. The molecular formula is C25H31NO5. The number of allylic oxidation sites excluding steroid dienone is 2. The second kappa shape index (κ2) is 10.8. The second-order valence-corrected chi connectivity index (χ2v) is 7.82. The number of carbonyl (C=O) groups is 2. The first-order chi connectivity index (χ1) is 15.0. The molecule has 31 heavy (non-hydrogen) atoms. The van der Waals surface area contributed by atoms with Crippen molar-refractivity contribution in [3.63, 3.8) is 0 Å². The van der Waals surface area contributed by atoms with Gasteiger partial charge < -0.3 is 18.8 Å². The molecule has 0 fully saturated rings. The Labute approximate surface area is 183 Å². The molecule has 6 heteroatoms. The van der Waals surface area contributed by atoms with Gasteiger partial charge in [-0.2, -0.15) is 0 Å². The lowest BCUT2D eigenvalue weighted by atomic mass is 9.97. The van der Waals surface area contributed by atoms with E-state index in [-0.39, 0.29) is 19.0 Å². The lowest BCUT2D eigenvalue weighted by Gasteiger charge is -2.15. The SMILES string of the molecule is COc1ccccc1OCC(=O)OCC(=O)c1cc(C)n(CCC2=CCCCC2)c1C. The molecule has 2 aromatic rings. The molecule has 3 rings (SSSR count). The van der Waals surface area contributed by atoms with Crippen LogP contribution < -0.4 is 9.47 Å². The number of para-hydroxylation sites is 2. The Morgan fingerprint density at radius 1 is 1.06 bits per heavy atom. The molecule has 0 unspecified atom stereocenters. The van der Waals surface area contributed by atoms with E-state index in [2.05, 4.69) is 10.6 Å². The number of hydrogen-bond donors (Lipinski definition) is 0. The average Bonchev–Trinajstić information content (AvgIpc) is 3.08. The van der Waals surface area contributed by atoms with Crippen LogP contribution in [0.1, 0.15) is 53.8 Å². The fourth-order valence-corrected chi connectivity index (χ4v) is 3.95. The Hall–Kier alpha value is -3.02. The van der Waals surface area contributed by atoms with Crippen LogP contribution in [0.15, 0.2) is 42.0 Å². The van der Waals surface area contributed by atoms with Gasteiger partial charge in [0.15, 0.2) is 24.7 Å². The maximum Gasteiger partial charge on any atom is 0.344 e. The third kappa shape index (κ3) is 6.00. The number of methoxy groups -OCH3 is 1. The van der Waals surface area contributed by atoms with Gasteiger partial charge in [-0.15, -0.1) is 0 Å². The minimum absolute atomic E-state index is 0.207. The van der Waals surface area contributed by atoms with Crippen molar-refractivity contribution >= 4 is 11.8 Å². The highest BCUT2D eigenvalue weighted by Crippen LogP contribution is 2.26. The van der Waals surface area contributed by atoms with Crippen LogP contribution in [0.4, 0.5) is 0 Å². The van der Waals surface area contributed by atoms with Crippen molar-refractivity contribution in [1.29, 1.82) is 0 Å². The van der Waals surface area contributed by atoms with Crippen molar-refractivity contribution in [1.82, 2.24) is 4.57 Å². The fourth-order valence-electron chi connectivity index (χ4n) is 3.95. The smallest absolute Gasteiger partial charge is 0.344 e. The molecule has 0 spiro atoms. The van der Waals surface area contributed by atoms with Crippen LogP contribution in [0.5, 0.6) is 11.5 Å². The fraction of sp³-hybridized carbons (Fsp3) is 0.440. The number of rotatable bonds is 10. The quantitative estimate of drug-likeness (QED) is 0.310. The van der Waals surface area contributed by atoms with Gasteiger partial charge in [-0.3, -0.25) is 4.79 Å². The van der Waals surface area contributed by atoms with E-state index in [0.29, 0.717) is 17.1 Å². The Morgan fingerprint density at radius 3 is 2.55 bits per heavy atom. The van der Waals surface area contributed by atoms with Crippen molar-refractivity contribution in [3.8, 4) is 11.5 Å². The summed E-state index contributed by atoms with van der Waals surface area (Å²) in [5, 5.41) is 0. The minimum Gasteiger partial charge on any atom is -0.493 e. The number of Topliss-reactive ketones (excluding diaryl/α,β-unsaturated/α-hetero) is 1. The predicted octanol–water partition coefficient (Wildman–Crippen LogP) is 4.81. The van der Waals surface area contributed by atoms with Crippen LogP contribution in [0.3, 0.4) is 0 Å². The summed E-state index contributed by atoms with van der Waals surface area (Å²) >= 11 is 0. The zero-order chi connectivity index (χ0) is 22.2. The van der Waals surface area contributed by atoms with E-state index < -0.39 is 5.97 Å². The number of benzene rings is 1. The number of nitrogens with zero attached hydrogens (tertiary/aromatic N) is 1. The molecule has 0 N–H and O–H groups in total. The van der Waals surface area contributed by atoms with E-state index in [1.807, 2.05) is 26.0 Å². The van der Waals surface area contributed by atoms with Gasteiger partial charge in [-0.1, -0.05) is 23.8 Å². The molecule has 0 bridgehead atoms. The summed E-state index contributed by atoms with van der Waals surface area (Å²) in [6.07, 6.45) is 8.28. The molecule has 1 aliphatic carbocycles. The van der Waals surface area contributed by atoms with Crippen LogP contribution in [0, 0.1) is 13.8 Å². The monoisotopic (exact) mass is 425 g/mol. The van der Waals surface area contributed by atoms with Crippen molar-refractivity contribution in [2.75, 3.05) is 20.3 Å². The van der Waals surface area contributed by atoms with E-state index in [1.54, 1.807) is 18.2 Å². The summed E-state index contributed by atoms with van der Waals surface area (Å²) in [4.78, 5) is 24.7. The molecule has 1 aromatic carbocycles. The standard InChI is InChI=1S/C25H31NO5/c1-18-15-21(19(2)26(18)14-13-20-9-5-4-6-10-20)22(27)16-31-25(28)17-30-24-12-8-7-11-23(24)29-3/h7-9,11-12,15H,4-6,10,13-14,16-17H2,1-3H3. The predicted molar refractivity (Wildman–Crippen MR) is 119 cm³/mol. The van der Waals surface area contributed by atoms with Gasteiger partial charge in [0, 0.05) is 23.5 Å². The summed E-state index contributed by atoms with van der Waals surface area (Å²) in [6, 6.07) is 8.92. The van der Waals surface area contributed by atoms with Crippen LogP contribution in [-0.4, -0.2) is 36.6 Å². The molecule has 0 amide bonds. The van der Waals surface area contributed by atoms with Gasteiger partial charge >= 0.3 is 5.97 Å². The summed E-state index contributed by atoms with van der Waals surface area (Å²) in [5.41, 5.74) is 4.08. The molecule has 0 radical (unpaired) electrons. The number of ether oxygens (including phenoxy) is 3. The highest BCUT2D eigenvalue weighted by Gasteiger charge is 2.18. The number of ketones is 1. The Morgan fingerprint density at radius 2 is 1.84 bits per heavy atom. The molecule has 1 aliphatic rings. The topological polar surface area (TPSA) is 66.8 Å². The van der Waals surface area contributed by atoms with E-state index in [4.69, 9.17) is 14.2 Å². The maximum atomic E-state index is 12.7. The average molecular weight is 426 g/mol. The van der Waals surface area contributed by atoms with Gasteiger partial charge in [0.1, 0.15) is 0 Å². The molecule has 6 nitrogen and oxygen atoms in total. The van der Waals surface area contributed by atoms with E-state index in [0.717, 1.165) is 24.4 Å². The van der Waals surface area contributed by atoms with Gasteiger partial charge in [0.25, 0.3) is 0 Å². The number of carbonyl (C=O) groups excluding carboxylic acids is 2. The zero-order valence-electron chi connectivity index (χ0n) is 18.6. The van der Waals surface area contributed by atoms with Crippen LogP contribution >= 0.6 is 0 Å². The van der Waals surface area contributed by atoms with E-state index in [9.17, 15) is 9.59 Å². The third-order valence-electron chi connectivity index (χ3n) is 5.69. The van der Waals surface area contributed by atoms with Crippen molar-refractivity contribution in [2.24, 2.45) is 0 Å². The van der Waals surface area contributed by atoms with Gasteiger partial charge in [0.05, 0.1) is 7.11 Å². The molecular weight excluding hydrogens is 394 g/mol. The van der Waals surface area contributed by atoms with Crippen LogP contribution in [-0.2, 0) is 16.1 Å². The largest absolute Gasteiger partial charge is 0.493 e. The van der Waals surface area contributed by atoms with E-state index >= 15 is 0 Å². The minimum atomic E-state index is -0.600. The lowest BCUT2D eigenvalue weighted by Crippen LogP contribution is -2.20. The number of aromatic nitrogens is 1. The molecule has 1 aromatic heterocycles. The first-order valence-electron chi connectivity index (χ1n) is 10.8. The molecule has 0 saturated carbocycles. The number of aryl methyl sites for hydroxylation is 1.